The van der Waals surface area contributed by atoms with Gasteiger partial charge in [-0.2, -0.15) is 0 Å². The van der Waals surface area contributed by atoms with Gasteiger partial charge in [0.05, 0.1) is 0 Å². The van der Waals surface area contributed by atoms with Gasteiger partial charge in [0.15, 0.2) is 17.5 Å². The van der Waals surface area contributed by atoms with Crippen LogP contribution in [-0.2, 0) is 17.3 Å². The Kier molecular flexibility index (Phi) is 10.9. The van der Waals surface area contributed by atoms with Crippen LogP contribution in [0.4, 0.5) is 0 Å². The van der Waals surface area contributed by atoms with Gasteiger partial charge >= 0.3 is 0 Å². The van der Waals surface area contributed by atoms with Gasteiger partial charge in [0.25, 0.3) is 0 Å². The van der Waals surface area contributed by atoms with Crippen molar-refractivity contribution in [2.45, 2.75) is 51.4 Å². The molecule has 1 heterocycles. The minimum atomic E-state index is -0.128. The second kappa shape index (κ2) is 17.3. The van der Waals surface area contributed by atoms with Crippen LogP contribution in [0.25, 0.3) is 84.2 Å². The van der Waals surface area contributed by atoms with Crippen LogP contribution >= 0.6 is 0 Å². The quantitative estimate of drug-likeness (QED) is 0.122. The summed E-state index contributed by atoms with van der Waals surface area (Å²) in [7, 11) is 0. The number of allylic oxidation sites excluding steroid dienone is 5. The molecule has 0 saturated carbocycles. The zero-order valence-electron chi connectivity index (χ0n) is 39.2. The number of fused-ring (bicyclic) bond motifs is 4. The van der Waals surface area contributed by atoms with Gasteiger partial charge in [-0.1, -0.05) is 222 Å². The first-order chi connectivity index (χ1) is 33.2. The van der Waals surface area contributed by atoms with E-state index in [9.17, 15) is 0 Å². The van der Waals surface area contributed by atoms with Crippen molar-refractivity contribution in [1.29, 1.82) is 0 Å². The zero-order chi connectivity index (χ0) is 46.4. The van der Waals surface area contributed by atoms with Crippen LogP contribution in [0.5, 0.6) is 0 Å². The highest BCUT2D eigenvalue weighted by atomic mass is 15.0. The van der Waals surface area contributed by atoms with E-state index in [-0.39, 0.29) is 10.8 Å². The lowest BCUT2D eigenvalue weighted by Gasteiger charge is -2.24. The molecule has 0 bridgehead atoms. The van der Waals surface area contributed by atoms with Crippen molar-refractivity contribution in [1.82, 2.24) is 15.0 Å². The first-order valence-electron chi connectivity index (χ1n) is 23.7. The van der Waals surface area contributed by atoms with E-state index >= 15 is 0 Å². The van der Waals surface area contributed by atoms with Crippen LogP contribution in [-0.4, -0.2) is 15.0 Å². The topological polar surface area (TPSA) is 38.7 Å². The molecule has 328 valence electrons. The molecule has 0 amide bonds. The van der Waals surface area contributed by atoms with Crippen LogP contribution in [0, 0.1) is 0 Å². The van der Waals surface area contributed by atoms with Crippen molar-refractivity contribution >= 4 is 5.57 Å². The Morgan fingerprint density at radius 1 is 0.382 bits per heavy atom. The molecule has 9 aromatic rings. The number of hydrogen-bond acceptors (Lipinski definition) is 3. The van der Waals surface area contributed by atoms with E-state index < -0.39 is 0 Å². The molecule has 0 unspecified atom stereocenters. The minimum Gasteiger partial charge on any atom is -0.208 e. The first-order valence-corrected chi connectivity index (χ1v) is 23.7. The van der Waals surface area contributed by atoms with Crippen molar-refractivity contribution in [2.75, 3.05) is 0 Å². The third-order valence-electron chi connectivity index (χ3n) is 14.3. The maximum Gasteiger partial charge on any atom is 0.164 e. The first kappa shape index (κ1) is 42.6. The standard InChI is InChI=1S/C65H53N3/c1-6-18-57-55(53-24-13-15-27-58(53)64(57,2)3)26-17-19-43-39-51(50-37-38-56-54-25-14-16-28-59(54)65(4,5)60(56)42-50)41-52(40-43)63-67-61(48-33-29-46(30-34-48)44-20-9-7-10-21-44)66-62(68-63)49-35-31-47(32-36-49)45-22-11-8-12-23-45/h6-17,20-42H,1,18-19H2,2-5H3/b26-17-. The lowest BCUT2D eigenvalue weighted by molar-refractivity contribution is 0.626. The van der Waals surface area contributed by atoms with Crippen molar-refractivity contribution < 1.29 is 0 Å². The molecule has 3 nitrogen and oxygen atoms in total. The van der Waals surface area contributed by atoms with E-state index in [0.717, 1.165) is 46.2 Å². The molecule has 1 aromatic heterocycles. The van der Waals surface area contributed by atoms with Gasteiger partial charge in [-0.15, -0.1) is 6.58 Å². The lowest BCUT2D eigenvalue weighted by Crippen LogP contribution is -2.16. The third-order valence-corrected chi connectivity index (χ3v) is 14.3. The molecule has 2 aliphatic carbocycles. The Morgan fingerprint density at radius 2 is 0.838 bits per heavy atom. The molecule has 8 aromatic carbocycles. The molecule has 0 spiro atoms. The van der Waals surface area contributed by atoms with Gasteiger partial charge in [0.2, 0.25) is 0 Å². The molecule has 0 atom stereocenters. The van der Waals surface area contributed by atoms with Gasteiger partial charge < -0.3 is 0 Å². The van der Waals surface area contributed by atoms with Crippen molar-refractivity contribution in [3.63, 3.8) is 0 Å². The van der Waals surface area contributed by atoms with Crippen LogP contribution in [0.1, 0.15) is 61.9 Å². The Morgan fingerprint density at radius 3 is 1.43 bits per heavy atom. The zero-order valence-corrected chi connectivity index (χ0v) is 39.2. The van der Waals surface area contributed by atoms with Crippen LogP contribution in [0.2, 0.25) is 0 Å². The van der Waals surface area contributed by atoms with Gasteiger partial charge in [-0.05, 0) is 115 Å². The molecule has 0 fully saturated rings. The summed E-state index contributed by atoms with van der Waals surface area (Å²) in [5, 5.41) is 0. The van der Waals surface area contributed by atoms with E-state index in [4.69, 9.17) is 15.0 Å². The number of rotatable bonds is 11. The predicted octanol–water partition coefficient (Wildman–Crippen LogP) is 16.6. The fourth-order valence-corrected chi connectivity index (χ4v) is 10.6. The molecule has 3 heteroatoms. The second-order valence-electron chi connectivity index (χ2n) is 19.2. The SMILES string of the molecule is C=CCC1=C(/C=C\Cc2cc(-c3ccc4c(c3)C(C)(C)c3ccccc3-4)cc(-c3nc(-c4ccc(-c5ccccc5)cc4)nc(-c4ccc(-c5ccccc5)cc4)n3)c2)c2ccccc2C1(C)C. The molecular formula is C65H53N3. The number of nitrogens with zero attached hydrogens (tertiary/aromatic N) is 3. The van der Waals surface area contributed by atoms with E-state index in [0.29, 0.717) is 17.5 Å². The monoisotopic (exact) mass is 875 g/mol. The number of hydrogen-bond donors (Lipinski definition) is 0. The van der Waals surface area contributed by atoms with Gasteiger partial charge in [-0.25, -0.2) is 15.0 Å². The Hall–Kier alpha value is -8.01. The van der Waals surface area contributed by atoms with Crippen LogP contribution in [0.3, 0.4) is 0 Å². The Balaban J connectivity index is 1.05. The Bertz CT molecular complexity index is 3330. The van der Waals surface area contributed by atoms with E-state index in [1.165, 1.54) is 66.8 Å². The predicted molar refractivity (Wildman–Crippen MR) is 284 cm³/mol. The summed E-state index contributed by atoms with van der Waals surface area (Å²) in [5.74, 6) is 1.89. The van der Waals surface area contributed by atoms with Crippen LogP contribution < -0.4 is 0 Å². The smallest absolute Gasteiger partial charge is 0.164 e. The van der Waals surface area contributed by atoms with Gasteiger partial charge in [-0.3, -0.25) is 0 Å². The van der Waals surface area contributed by atoms with E-state index in [1.807, 2.05) is 18.2 Å². The average Bonchev–Trinajstić information content (AvgIpc) is 3.75. The normalized spacial score (nSPS) is 14.2. The number of benzene rings is 8. The summed E-state index contributed by atoms with van der Waals surface area (Å²) in [4.78, 5) is 15.8. The fraction of sp³-hybridized carbons (Fsp3) is 0.123. The second-order valence-corrected chi connectivity index (χ2v) is 19.2. The summed E-state index contributed by atoms with van der Waals surface area (Å²) in [5.41, 5.74) is 21.4. The maximum atomic E-state index is 5.31. The highest BCUT2D eigenvalue weighted by Gasteiger charge is 2.36. The summed E-state index contributed by atoms with van der Waals surface area (Å²) < 4.78 is 0. The molecule has 0 radical (unpaired) electrons. The highest BCUT2D eigenvalue weighted by Crippen LogP contribution is 2.50. The molecule has 11 rings (SSSR count). The van der Waals surface area contributed by atoms with Crippen molar-refractivity contribution in [3.05, 3.63) is 252 Å². The molecule has 0 N–H and O–H groups in total. The molecular weight excluding hydrogens is 823 g/mol. The van der Waals surface area contributed by atoms with Crippen LogP contribution in [0.15, 0.2) is 225 Å². The lowest BCUT2D eigenvalue weighted by atomic mass is 9.80. The summed E-state index contributed by atoms with van der Waals surface area (Å²) in [6, 6.07) is 69.6. The molecule has 0 saturated heterocycles. The van der Waals surface area contributed by atoms with Crippen molar-refractivity contribution in [3.8, 4) is 78.7 Å². The summed E-state index contributed by atoms with van der Waals surface area (Å²) >= 11 is 0. The maximum absolute atomic E-state index is 5.31. The largest absolute Gasteiger partial charge is 0.208 e. The van der Waals surface area contributed by atoms with Gasteiger partial charge in [0.1, 0.15) is 0 Å². The fourth-order valence-electron chi connectivity index (χ4n) is 10.6. The summed E-state index contributed by atoms with van der Waals surface area (Å²) in [6.07, 6.45) is 8.27. The van der Waals surface area contributed by atoms with E-state index in [1.54, 1.807) is 0 Å². The molecule has 2 aliphatic rings. The van der Waals surface area contributed by atoms with Gasteiger partial charge in [0, 0.05) is 27.5 Å². The Labute approximate surface area is 401 Å². The average molecular weight is 876 g/mol. The summed E-state index contributed by atoms with van der Waals surface area (Å²) in [6.45, 7) is 13.5. The third kappa shape index (κ3) is 7.74. The highest BCUT2D eigenvalue weighted by molar-refractivity contribution is 5.87. The molecule has 0 aliphatic heterocycles. The van der Waals surface area contributed by atoms with Crippen molar-refractivity contribution in [2.24, 2.45) is 0 Å². The molecule has 68 heavy (non-hydrogen) atoms. The number of aromatic nitrogens is 3. The minimum absolute atomic E-state index is 0.0730. The van der Waals surface area contributed by atoms with E-state index in [2.05, 4.69) is 228 Å².